The van der Waals surface area contributed by atoms with Gasteiger partial charge in [-0.05, 0) is 50.0 Å². The molecule has 0 heterocycles. The van der Waals surface area contributed by atoms with Crippen molar-refractivity contribution in [2.75, 3.05) is 0 Å². The van der Waals surface area contributed by atoms with Crippen molar-refractivity contribution >= 4 is 6.41 Å². The van der Waals surface area contributed by atoms with E-state index in [4.69, 9.17) is 0 Å². The van der Waals surface area contributed by atoms with Crippen molar-refractivity contribution in [2.45, 2.75) is 58.1 Å². The van der Waals surface area contributed by atoms with E-state index in [0.717, 1.165) is 37.7 Å². The van der Waals surface area contributed by atoms with Gasteiger partial charge in [0.1, 0.15) is 0 Å². The number of carbonyl (C=O) groups is 1. The normalized spacial score (nSPS) is 29.4. The predicted octanol–water partition coefficient (Wildman–Crippen LogP) is 2.81. The lowest BCUT2D eigenvalue weighted by atomic mass is 9.74. The molecule has 0 spiro atoms. The topological polar surface area (TPSA) is 49.3 Å². The summed E-state index contributed by atoms with van der Waals surface area (Å²) in [5.41, 5.74) is 0.821. The minimum atomic E-state index is -0.546. The number of aliphatic hydroxyl groups is 1. The lowest BCUT2D eigenvalue weighted by Gasteiger charge is -2.38. The molecule has 1 atom stereocenters. The molecule has 1 rings (SSSR count). The second-order valence-corrected chi connectivity index (χ2v) is 6.25. The molecule has 3 nitrogen and oxygen atoms in total. The highest BCUT2D eigenvalue weighted by Gasteiger charge is 2.32. The van der Waals surface area contributed by atoms with Gasteiger partial charge in [0.25, 0.3) is 0 Å². The maximum atomic E-state index is 10.6. The zero-order valence-corrected chi connectivity index (χ0v) is 12.4. The number of carbonyl (C=O) groups excluding carboxylic acids is 1. The highest BCUT2D eigenvalue weighted by molar-refractivity contribution is 5.47. The number of nitrogens with one attached hydrogen (secondary N) is 1. The number of amides is 1. The second-order valence-electron chi connectivity index (χ2n) is 6.25. The molecule has 0 radical (unpaired) electrons. The maximum absolute atomic E-state index is 10.6. The Balaban J connectivity index is 2.51. The monoisotopic (exact) mass is 265 g/mol. The molecule has 0 bridgehead atoms. The molecule has 108 valence electrons. The Morgan fingerprint density at radius 3 is 2.42 bits per heavy atom. The number of hydrogen-bond acceptors (Lipinski definition) is 2. The van der Waals surface area contributed by atoms with Gasteiger partial charge in [-0.15, -0.1) is 0 Å². The molecule has 1 amide bonds. The molecule has 1 saturated carbocycles. The van der Waals surface area contributed by atoms with Gasteiger partial charge in [0.05, 0.1) is 6.10 Å². The van der Waals surface area contributed by atoms with E-state index in [1.165, 1.54) is 0 Å². The third-order valence-corrected chi connectivity index (χ3v) is 4.08. The van der Waals surface area contributed by atoms with Crippen LogP contribution in [0.5, 0.6) is 0 Å². The van der Waals surface area contributed by atoms with Crippen LogP contribution in [0.3, 0.4) is 0 Å². The summed E-state index contributed by atoms with van der Waals surface area (Å²) in [4.78, 5) is 10.6. The van der Waals surface area contributed by atoms with Gasteiger partial charge in [-0.2, -0.15) is 0 Å². The Bertz CT molecular complexity index is 339. The van der Waals surface area contributed by atoms with E-state index in [-0.39, 0.29) is 5.54 Å². The Labute approximate surface area is 116 Å². The summed E-state index contributed by atoms with van der Waals surface area (Å²) in [7, 11) is 0. The summed E-state index contributed by atoms with van der Waals surface area (Å²) in [5.74, 6) is 0.794. The van der Waals surface area contributed by atoms with Crippen molar-refractivity contribution < 1.29 is 9.90 Å². The average molecular weight is 265 g/mol. The highest BCUT2D eigenvalue weighted by Crippen LogP contribution is 2.36. The first-order valence-corrected chi connectivity index (χ1v) is 7.14. The van der Waals surface area contributed by atoms with Gasteiger partial charge in [0.15, 0.2) is 0 Å². The molecule has 0 saturated heterocycles. The standard InChI is InChI=1S/C16H27NO2/c1-12(2)5-6-15(19)13(3)14-7-9-16(4,10-8-14)17-11-18/h5-6,11-12,14-15,19H,3,7-10H2,1-2,4H3,(H,17,18). The SMILES string of the molecule is C=C(C(O)C=CC(C)C)C1CCC(C)(NC=O)CC1. The van der Waals surface area contributed by atoms with Crippen molar-refractivity contribution in [1.82, 2.24) is 5.32 Å². The van der Waals surface area contributed by atoms with Crippen molar-refractivity contribution in [2.24, 2.45) is 11.8 Å². The number of hydrogen-bond donors (Lipinski definition) is 2. The molecular formula is C16H27NO2. The molecule has 1 aliphatic carbocycles. The van der Waals surface area contributed by atoms with E-state index in [1.54, 1.807) is 0 Å². The fourth-order valence-corrected chi connectivity index (χ4v) is 2.60. The second kappa shape index (κ2) is 6.90. The molecule has 1 fully saturated rings. The third kappa shape index (κ3) is 4.83. The molecule has 19 heavy (non-hydrogen) atoms. The van der Waals surface area contributed by atoms with Crippen LogP contribution in [0, 0.1) is 11.8 Å². The molecule has 3 heteroatoms. The fourth-order valence-electron chi connectivity index (χ4n) is 2.60. The van der Waals surface area contributed by atoms with Gasteiger partial charge in [-0.1, -0.05) is 32.6 Å². The first-order valence-electron chi connectivity index (χ1n) is 7.14. The quantitative estimate of drug-likeness (QED) is 0.573. The summed E-state index contributed by atoms with van der Waals surface area (Å²) in [5, 5.41) is 13.0. The van der Waals surface area contributed by atoms with E-state index >= 15 is 0 Å². The number of allylic oxidation sites excluding steroid dienone is 1. The van der Waals surface area contributed by atoms with Crippen molar-refractivity contribution in [3.05, 3.63) is 24.3 Å². The van der Waals surface area contributed by atoms with Crippen LogP contribution in [0.4, 0.5) is 0 Å². The molecule has 2 N–H and O–H groups in total. The Hall–Kier alpha value is -1.09. The van der Waals surface area contributed by atoms with E-state index in [1.807, 2.05) is 12.2 Å². The van der Waals surface area contributed by atoms with Gasteiger partial charge >= 0.3 is 0 Å². The molecular weight excluding hydrogens is 238 g/mol. The predicted molar refractivity (Wildman–Crippen MR) is 78.7 cm³/mol. The van der Waals surface area contributed by atoms with E-state index < -0.39 is 6.10 Å². The molecule has 0 aromatic rings. The Morgan fingerprint density at radius 1 is 1.37 bits per heavy atom. The largest absolute Gasteiger partial charge is 0.385 e. The van der Waals surface area contributed by atoms with Gasteiger partial charge in [0, 0.05) is 5.54 Å². The van der Waals surface area contributed by atoms with E-state index in [2.05, 4.69) is 32.7 Å². The summed E-state index contributed by atoms with van der Waals surface area (Å²) in [6.45, 7) is 10.3. The van der Waals surface area contributed by atoms with Gasteiger partial charge in [-0.25, -0.2) is 0 Å². The van der Waals surface area contributed by atoms with Crippen LogP contribution in [0.25, 0.3) is 0 Å². The van der Waals surface area contributed by atoms with Gasteiger partial charge < -0.3 is 10.4 Å². The summed E-state index contributed by atoms with van der Waals surface area (Å²) in [6.07, 6.45) is 7.92. The Kier molecular flexibility index (Phi) is 5.80. The van der Waals surface area contributed by atoms with E-state index in [9.17, 15) is 9.90 Å². The van der Waals surface area contributed by atoms with Crippen LogP contribution in [-0.4, -0.2) is 23.2 Å². The lowest BCUT2D eigenvalue weighted by molar-refractivity contribution is -0.111. The zero-order valence-electron chi connectivity index (χ0n) is 12.4. The minimum absolute atomic E-state index is 0.0861. The van der Waals surface area contributed by atoms with Crippen LogP contribution in [0.2, 0.25) is 0 Å². The number of rotatable bonds is 6. The van der Waals surface area contributed by atoms with Gasteiger partial charge in [0.2, 0.25) is 6.41 Å². The lowest BCUT2D eigenvalue weighted by Crippen LogP contribution is -2.44. The smallest absolute Gasteiger partial charge is 0.207 e. The maximum Gasteiger partial charge on any atom is 0.207 e. The molecule has 0 aliphatic heterocycles. The molecule has 0 aromatic carbocycles. The van der Waals surface area contributed by atoms with Crippen LogP contribution < -0.4 is 5.32 Å². The van der Waals surface area contributed by atoms with E-state index in [0.29, 0.717) is 11.8 Å². The first kappa shape index (κ1) is 16.0. The third-order valence-electron chi connectivity index (χ3n) is 4.08. The van der Waals surface area contributed by atoms with Gasteiger partial charge in [-0.3, -0.25) is 4.79 Å². The van der Waals surface area contributed by atoms with Crippen LogP contribution in [-0.2, 0) is 4.79 Å². The summed E-state index contributed by atoms with van der Waals surface area (Å²) < 4.78 is 0. The van der Waals surface area contributed by atoms with Crippen molar-refractivity contribution in [3.8, 4) is 0 Å². The first-order chi connectivity index (χ1) is 8.88. The van der Waals surface area contributed by atoms with Crippen molar-refractivity contribution in [3.63, 3.8) is 0 Å². The summed E-state index contributed by atoms with van der Waals surface area (Å²) >= 11 is 0. The molecule has 0 aromatic heterocycles. The van der Waals surface area contributed by atoms with Crippen LogP contribution >= 0.6 is 0 Å². The molecule has 1 aliphatic rings. The number of aliphatic hydroxyl groups excluding tert-OH is 1. The zero-order chi connectivity index (χ0) is 14.5. The summed E-state index contributed by atoms with van der Waals surface area (Å²) in [6, 6.07) is 0. The Morgan fingerprint density at radius 2 is 1.95 bits per heavy atom. The average Bonchev–Trinajstić information content (AvgIpc) is 2.36. The van der Waals surface area contributed by atoms with Crippen LogP contribution in [0.15, 0.2) is 24.3 Å². The van der Waals surface area contributed by atoms with Crippen LogP contribution in [0.1, 0.15) is 46.5 Å². The van der Waals surface area contributed by atoms with Crippen molar-refractivity contribution in [1.29, 1.82) is 0 Å². The highest BCUT2D eigenvalue weighted by atomic mass is 16.3. The minimum Gasteiger partial charge on any atom is -0.385 e. The fraction of sp³-hybridized carbons (Fsp3) is 0.688. The molecule has 1 unspecified atom stereocenters.